The highest BCUT2D eigenvalue weighted by molar-refractivity contribution is 7.46. The van der Waals surface area contributed by atoms with Gasteiger partial charge in [0.05, 0.1) is 6.61 Å². The standard InChI is InChI=1S/C16H35O4P/c1-3-5-10-13-16(4-2)14-11-8-6-7-9-12-15-20-21(17,18)19/h16H,3-15H2,1-2H3,(H2,17,18,19). The van der Waals surface area contributed by atoms with E-state index in [2.05, 4.69) is 18.4 Å². The average Bonchev–Trinajstić information content (AvgIpc) is 2.42. The van der Waals surface area contributed by atoms with Crippen LogP contribution in [0.1, 0.15) is 90.9 Å². The van der Waals surface area contributed by atoms with Crippen LogP contribution in [0.2, 0.25) is 0 Å². The summed E-state index contributed by atoms with van der Waals surface area (Å²) >= 11 is 0. The van der Waals surface area contributed by atoms with Crippen molar-refractivity contribution in [3.63, 3.8) is 0 Å². The molecule has 1 atom stereocenters. The van der Waals surface area contributed by atoms with Crippen LogP contribution >= 0.6 is 7.82 Å². The summed E-state index contributed by atoms with van der Waals surface area (Å²) in [6.45, 7) is 4.73. The van der Waals surface area contributed by atoms with E-state index in [4.69, 9.17) is 9.79 Å². The molecule has 128 valence electrons. The monoisotopic (exact) mass is 322 g/mol. The normalized spacial score (nSPS) is 13.5. The minimum absolute atomic E-state index is 0.166. The maximum Gasteiger partial charge on any atom is 0.469 e. The van der Waals surface area contributed by atoms with E-state index in [0.717, 1.165) is 25.2 Å². The van der Waals surface area contributed by atoms with E-state index in [0.29, 0.717) is 0 Å². The molecule has 0 aromatic rings. The van der Waals surface area contributed by atoms with E-state index in [1.54, 1.807) is 0 Å². The van der Waals surface area contributed by atoms with Crippen molar-refractivity contribution < 1.29 is 18.9 Å². The maximum absolute atomic E-state index is 10.5. The molecule has 0 spiro atoms. The van der Waals surface area contributed by atoms with Crippen molar-refractivity contribution in [3.8, 4) is 0 Å². The number of phosphoric acid groups is 1. The Labute approximate surface area is 130 Å². The summed E-state index contributed by atoms with van der Waals surface area (Å²) in [5.74, 6) is 0.910. The molecule has 1 unspecified atom stereocenters. The Bertz CT molecular complexity index is 265. The molecule has 0 radical (unpaired) electrons. The van der Waals surface area contributed by atoms with Gasteiger partial charge < -0.3 is 9.79 Å². The van der Waals surface area contributed by atoms with Gasteiger partial charge in [-0.2, -0.15) is 0 Å². The molecular weight excluding hydrogens is 287 g/mol. The third-order valence-electron chi connectivity index (χ3n) is 4.06. The predicted octanol–water partition coefficient (Wildman–Crippen LogP) is 5.43. The highest BCUT2D eigenvalue weighted by Gasteiger charge is 2.12. The van der Waals surface area contributed by atoms with E-state index in [9.17, 15) is 4.57 Å². The first-order valence-electron chi connectivity index (χ1n) is 8.69. The van der Waals surface area contributed by atoms with Crippen molar-refractivity contribution in [1.82, 2.24) is 0 Å². The van der Waals surface area contributed by atoms with E-state index in [1.165, 1.54) is 57.8 Å². The molecule has 0 fully saturated rings. The molecule has 0 saturated carbocycles. The fraction of sp³-hybridized carbons (Fsp3) is 1.00. The Morgan fingerprint density at radius 1 is 0.857 bits per heavy atom. The Morgan fingerprint density at radius 3 is 1.90 bits per heavy atom. The molecular formula is C16H35O4P. The molecule has 0 amide bonds. The molecule has 0 bridgehead atoms. The van der Waals surface area contributed by atoms with Crippen LogP contribution < -0.4 is 0 Å². The van der Waals surface area contributed by atoms with Crippen molar-refractivity contribution in [2.45, 2.75) is 90.9 Å². The molecule has 5 heteroatoms. The first kappa shape index (κ1) is 21.1. The fourth-order valence-corrected chi connectivity index (χ4v) is 3.03. The number of phosphoric ester groups is 1. The van der Waals surface area contributed by atoms with Crippen LogP contribution in [0.15, 0.2) is 0 Å². The molecule has 0 saturated heterocycles. The fourth-order valence-electron chi connectivity index (χ4n) is 2.66. The summed E-state index contributed by atoms with van der Waals surface area (Å²) in [5, 5.41) is 0. The molecule has 0 heterocycles. The molecule has 4 nitrogen and oxygen atoms in total. The Balaban J connectivity index is 3.32. The SMILES string of the molecule is CCCCCC(CC)CCCCCCCCOP(=O)(O)O. The largest absolute Gasteiger partial charge is 0.469 e. The van der Waals surface area contributed by atoms with Gasteiger partial charge in [0.15, 0.2) is 0 Å². The van der Waals surface area contributed by atoms with Crippen LogP contribution in [0.4, 0.5) is 0 Å². The van der Waals surface area contributed by atoms with Crippen LogP contribution in [0, 0.1) is 5.92 Å². The smallest absolute Gasteiger partial charge is 0.303 e. The van der Waals surface area contributed by atoms with Crippen LogP contribution in [-0.2, 0) is 9.09 Å². The lowest BCUT2D eigenvalue weighted by Crippen LogP contribution is -1.99. The molecule has 0 rings (SSSR count). The summed E-state index contributed by atoms with van der Waals surface area (Å²) in [7, 11) is -4.26. The van der Waals surface area contributed by atoms with Gasteiger partial charge in [0, 0.05) is 0 Å². The first-order valence-corrected chi connectivity index (χ1v) is 10.2. The lowest BCUT2D eigenvalue weighted by molar-refractivity contribution is 0.193. The quantitative estimate of drug-likeness (QED) is 0.311. The van der Waals surface area contributed by atoms with Crippen molar-refractivity contribution in [2.24, 2.45) is 5.92 Å². The second-order valence-electron chi connectivity index (χ2n) is 6.00. The highest BCUT2D eigenvalue weighted by Crippen LogP contribution is 2.35. The molecule has 2 N–H and O–H groups in total. The first-order chi connectivity index (χ1) is 9.99. The second-order valence-corrected chi connectivity index (χ2v) is 7.24. The minimum Gasteiger partial charge on any atom is -0.303 e. The predicted molar refractivity (Wildman–Crippen MR) is 88.2 cm³/mol. The van der Waals surface area contributed by atoms with Gasteiger partial charge in [0.25, 0.3) is 0 Å². The Kier molecular flexibility index (Phi) is 13.8. The van der Waals surface area contributed by atoms with Gasteiger partial charge in [0.2, 0.25) is 0 Å². The highest BCUT2D eigenvalue weighted by atomic mass is 31.2. The third-order valence-corrected chi connectivity index (χ3v) is 4.58. The zero-order valence-electron chi connectivity index (χ0n) is 13.9. The van der Waals surface area contributed by atoms with Gasteiger partial charge in [-0.15, -0.1) is 0 Å². The average molecular weight is 322 g/mol. The van der Waals surface area contributed by atoms with Gasteiger partial charge in [-0.25, -0.2) is 4.57 Å². The lowest BCUT2D eigenvalue weighted by atomic mass is 9.92. The third kappa shape index (κ3) is 16.3. The van der Waals surface area contributed by atoms with Crippen LogP contribution in [0.25, 0.3) is 0 Å². The topological polar surface area (TPSA) is 66.8 Å². The maximum atomic E-state index is 10.5. The van der Waals surface area contributed by atoms with Crippen molar-refractivity contribution in [3.05, 3.63) is 0 Å². The summed E-state index contributed by atoms with van der Waals surface area (Å²) in [5.41, 5.74) is 0. The van der Waals surface area contributed by atoms with E-state index < -0.39 is 7.82 Å². The molecule has 0 aliphatic rings. The number of unbranched alkanes of at least 4 members (excludes halogenated alkanes) is 7. The van der Waals surface area contributed by atoms with Crippen LogP contribution in [-0.4, -0.2) is 16.4 Å². The molecule has 21 heavy (non-hydrogen) atoms. The summed E-state index contributed by atoms with van der Waals surface area (Å²) in [6, 6.07) is 0. The van der Waals surface area contributed by atoms with Crippen molar-refractivity contribution >= 4 is 7.82 Å². The van der Waals surface area contributed by atoms with Gasteiger partial charge in [-0.1, -0.05) is 84.5 Å². The van der Waals surface area contributed by atoms with Gasteiger partial charge in [0.1, 0.15) is 0 Å². The van der Waals surface area contributed by atoms with E-state index >= 15 is 0 Å². The number of hydrogen-bond donors (Lipinski definition) is 2. The Hall–Kier alpha value is 0.110. The van der Waals surface area contributed by atoms with Crippen LogP contribution in [0.3, 0.4) is 0 Å². The Morgan fingerprint density at radius 2 is 1.38 bits per heavy atom. The lowest BCUT2D eigenvalue weighted by Gasteiger charge is -2.14. The van der Waals surface area contributed by atoms with Crippen molar-refractivity contribution in [2.75, 3.05) is 6.61 Å². The van der Waals surface area contributed by atoms with E-state index in [1.807, 2.05) is 0 Å². The second kappa shape index (κ2) is 13.8. The van der Waals surface area contributed by atoms with Crippen molar-refractivity contribution in [1.29, 1.82) is 0 Å². The summed E-state index contributed by atoms with van der Waals surface area (Å²) in [4.78, 5) is 17.1. The zero-order chi connectivity index (χ0) is 16.0. The van der Waals surface area contributed by atoms with Crippen LogP contribution in [0.5, 0.6) is 0 Å². The number of rotatable bonds is 15. The zero-order valence-corrected chi connectivity index (χ0v) is 14.8. The van der Waals surface area contributed by atoms with Gasteiger partial charge in [-0.05, 0) is 12.3 Å². The van der Waals surface area contributed by atoms with Gasteiger partial charge >= 0.3 is 7.82 Å². The molecule has 0 aliphatic carbocycles. The minimum atomic E-state index is -4.26. The van der Waals surface area contributed by atoms with E-state index in [-0.39, 0.29) is 6.61 Å². The molecule has 0 aromatic carbocycles. The summed E-state index contributed by atoms with van der Waals surface area (Å²) in [6.07, 6.45) is 14.8. The summed E-state index contributed by atoms with van der Waals surface area (Å²) < 4.78 is 14.9. The van der Waals surface area contributed by atoms with Gasteiger partial charge in [-0.3, -0.25) is 4.52 Å². The molecule has 0 aromatic heterocycles. The number of hydrogen-bond acceptors (Lipinski definition) is 2. The molecule has 0 aliphatic heterocycles.